The van der Waals surface area contributed by atoms with E-state index in [2.05, 4.69) is 17.1 Å². The number of halogens is 2. The van der Waals surface area contributed by atoms with Crippen molar-refractivity contribution < 1.29 is 4.74 Å². The van der Waals surface area contributed by atoms with Crippen LogP contribution in [-0.2, 0) is 6.54 Å². The van der Waals surface area contributed by atoms with E-state index in [1.807, 2.05) is 30.3 Å². The second-order valence-electron chi connectivity index (χ2n) is 4.47. The highest BCUT2D eigenvalue weighted by Crippen LogP contribution is 2.23. The molecule has 0 fully saturated rings. The minimum absolute atomic E-state index is 0.460. The van der Waals surface area contributed by atoms with Gasteiger partial charge in [-0.15, -0.1) is 0 Å². The standard InChI is InChI=1S/C17H16Cl2N2O/c1-2-9-22-14-6-3-5-13(10-14)11-20-21-12-15-16(18)7-4-8-17(15)19/h2-8,10-11,21H,1,9,12H2/b20-11-. The van der Waals surface area contributed by atoms with Crippen LogP contribution in [0.15, 0.2) is 60.2 Å². The van der Waals surface area contributed by atoms with Gasteiger partial charge in [-0.05, 0) is 29.8 Å². The highest BCUT2D eigenvalue weighted by atomic mass is 35.5. The third-order valence-corrected chi connectivity index (χ3v) is 3.56. The van der Waals surface area contributed by atoms with E-state index in [-0.39, 0.29) is 0 Å². The molecular weight excluding hydrogens is 319 g/mol. The summed E-state index contributed by atoms with van der Waals surface area (Å²) in [5.74, 6) is 0.776. The second kappa shape index (κ2) is 8.47. The van der Waals surface area contributed by atoms with E-state index in [1.165, 1.54) is 0 Å². The van der Waals surface area contributed by atoms with E-state index in [9.17, 15) is 0 Å². The summed E-state index contributed by atoms with van der Waals surface area (Å²) in [6, 6.07) is 13.0. The van der Waals surface area contributed by atoms with Crippen LogP contribution in [-0.4, -0.2) is 12.8 Å². The summed E-state index contributed by atoms with van der Waals surface area (Å²) in [7, 11) is 0. The molecule has 5 heteroatoms. The molecule has 0 spiro atoms. The number of rotatable bonds is 7. The smallest absolute Gasteiger partial charge is 0.120 e. The largest absolute Gasteiger partial charge is 0.490 e. The average molecular weight is 335 g/mol. The molecule has 2 aromatic carbocycles. The van der Waals surface area contributed by atoms with Gasteiger partial charge in [0.05, 0.1) is 12.8 Å². The van der Waals surface area contributed by atoms with Crippen LogP contribution in [0.3, 0.4) is 0 Å². The lowest BCUT2D eigenvalue weighted by atomic mass is 10.2. The first kappa shape index (κ1) is 16.4. The molecule has 0 aromatic heterocycles. The van der Waals surface area contributed by atoms with Crippen LogP contribution in [0.4, 0.5) is 0 Å². The molecule has 2 rings (SSSR count). The van der Waals surface area contributed by atoms with Crippen molar-refractivity contribution in [3.05, 3.63) is 76.3 Å². The summed E-state index contributed by atoms with van der Waals surface area (Å²) in [5.41, 5.74) is 4.69. The Morgan fingerprint density at radius 2 is 1.86 bits per heavy atom. The fourth-order valence-corrected chi connectivity index (χ4v) is 2.32. The van der Waals surface area contributed by atoms with E-state index >= 15 is 0 Å². The van der Waals surface area contributed by atoms with E-state index in [0.29, 0.717) is 23.2 Å². The van der Waals surface area contributed by atoms with E-state index in [4.69, 9.17) is 27.9 Å². The van der Waals surface area contributed by atoms with Crippen molar-refractivity contribution in [3.8, 4) is 5.75 Å². The van der Waals surface area contributed by atoms with Crippen molar-refractivity contribution in [2.24, 2.45) is 5.10 Å². The number of hydrazone groups is 1. The summed E-state index contributed by atoms with van der Waals surface area (Å²) in [6.07, 6.45) is 3.42. The molecule has 0 heterocycles. The number of hydrogen-bond acceptors (Lipinski definition) is 3. The molecule has 0 saturated heterocycles. The third-order valence-electron chi connectivity index (χ3n) is 2.85. The number of nitrogens with one attached hydrogen (secondary N) is 1. The van der Waals surface area contributed by atoms with Gasteiger partial charge < -0.3 is 10.2 Å². The Hall–Kier alpha value is -1.97. The predicted molar refractivity (Wildman–Crippen MR) is 93.0 cm³/mol. The van der Waals surface area contributed by atoms with E-state index in [1.54, 1.807) is 24.4 Å². The Morgan fingerprint density at radius 1 is 1.14 bits per heavy atom. The van der Waals surface area contributed by atoms with Gasteiger partial charge in [0.2, 0.25) is 0 Å². The van der Waals surface area contributed by atoms with Crippen molar-refractivity contribution >= 4 is 29.4 Å². The van der Waals surface area contributed by atoms with Crippen molar-refractivity contribution in [2.75, 3.05) is 6.61 Å². The second-order valence-corrected chi connectivity index (χ2v) is 5.28. The van der Waals surface area contributed by atoms with Crippen molar-refractivity contribution in [2.45, 2.75) is 6.54 Å². The van der Waals surface area contributed by atoms with Crippen molar-refractivity contribution in [1.29, 1.82) is 0 Å². The monoisotopic (exact) mass is 334 g/mol. The zero-order valence-electron chi connectivity index (χ0n) is 11.9. The fourth-order valence-electron chi connectivity index (χ4n) is 1.79. The zero-order chi connectivity index (χ0) is 15.8. The van der Waals surface area contributed by atoms with Crippen LogP contribution in [0.5, 0.6) is 5.75 Å². The third kappa shape index (κ3) is 4.79. The number of hydrogen-bond donors (Lipinski definition) is 1. The molecule has 22 heavy (non-hydrogen) atoms. The first-order valence-corrected chi connectivity index (χ1v) is 7.49. The van der Waals surface area contributed by atoms with Crippen LogP contribution >= 0.6 is 23.2 Å². The van der Waals surface area contributed by atoms with Crippen LogP contribution in [0.25, 0.3) is 0 Å². The quantitative estimate of drug-likeness (QED) is 0.453. The predicted octanol–water partition coefficient (Wildman–Crippen LogP) is 4.68. The van der Waals surface area contributed by atoms with Gasteiger partial charge in [-0.3, -0.25) is 0 Å². The molecule has 0 atom stereocenters. The lowest BCUT2D eigenvalue weighted by Crippen LogP contribution is -2.06. The van der Waals surface area contributed by atoms with Crippen LogP contribution in [0, 0.1) is 0 Å². The molecule has 3 nitrogen and oxygen atoms in total. The zero-order valence-corrected chi connectivity index (χ0v) is 13.4. The molecule has 114 valence electrons. The Bertz CT molecular complexity index is 651. The molecule has 1 N–H and O–H groups in total. The molecule has 0 saturated carbocycles. The fraction of sp³-hybridized carbons (Fsp3) is 0.118. The van der Waals surface area contributed by atoms with E-state index in [0.717, 1.165) is 16.9 Å². The molecule has 2 aromatic rings. The maximum atomic E-state index is 6.09. The first-order valence-electron chi connectivity index (χ1n) is 6.73. The summed E-state index contributed by atoms with van der Waals surface area (Å²) < 4.78 is 5.47. The van der Waals surface area contributed by atoms with Crippen molar-refractivity contribution in [1.82, 2.24) is 5.43 Å². The highest BCUT2D eigenvalue weighted by Gasteiger charge is 2.03. The van der Waals surface area contributed by atoms with Gasteiger partial charge in [-0.2, -0.15) is 5.10 Å². The van der Waals surface area contributed by atoms with E-state index < -0.39 is 0 Å². The summed E-state index contributed by atoms with van der Waals surface area (Å²) in [5, 5.41) is 5.41. The molecule has 0 bridgehead atoms. The maximum Gasteiger partial charge on any atom is 0.120 e. The van der Waals surface area contributed by atoms with Gasteiger partial charge in [-0.25, -0.2) is 0 Å². The Kier molecular flexibility index (Phi) is 6.31. The Labute approximate surface area is 140 Å². The number of benzene rings is 2. The molecule has 0 aliphatic heterocycles. The molecule has 0 radical (unpaired) electrons. The molecule has 0 aliphatic carbocycles. The minimum atomic E-state index is 0.460. The van der Waals surface area contributed by atoms with Crippen LogP contribution < -0.4 is 10.2 Å². The Morgan fingerprint density at radius 3 is 2.59 bits per heavy atom. The number of ether oxygens (including phenoxy) is 1. The molecule has 0 aliphatic rings. The Balaban J connectivity index is 1.94. The van der Waals surface area contributed by atoms with Gasteiger partial charge in [0.25, 0.3) is 0 Å². The summed E-state index contributed by atoms with van der Waals surface area (Å²) in [4.78, 5) is 0. The van der Waals surface area contributed by atoms with Gasteiger partial charge in [0.1, 0.15) is 12.4 Å². The van der Waals surface area contributed by atoms with Crippen molar-refractivity contribution in [3.63, 3.8) is 0 Å². The lowest BCUT2D eigenvalue weighted by Gasteiger charge is -2.06. The normalized spacial score (nSPS) is 10.6. The van der Waals surface area contributed by atoms with Gasteiger partial charge >= 0.3 is 0 Å². The molecular formula is C17H16Cl2N2O. The lowest BCUT2D eigenvalue weighted by molar-refractivity contribution is 0.363. The summed E-state index contributed by atoms with van der Waals surface area (Å²) in [6.45, 7) is 4.55. The van der Waals surface area contributed by atoms with Gasteiger partial charge in [0, 0.05) is 15.6 Å². The summed E-state index contributed by atoms with van der Waals surface area (Å²) >= 11 is 12.2. The molecule has 0 amide bonds. The number of nitrogens with zero attached hydrogens (tertiary/aromatic N) is 1. The van der Waals surface area contributed by atoms with Crippen LogP contribution in [0.2, 0.25) is 10.0 Å². The van der Waals surface area contributed by atoms with Crippen LogP contribution in [0.1, 0.15) is 11.1 Å². The average Bonchev–Trinajstić information content (AvgIpc) is 2.52. The van der Waals surface area contributed by atoms with Gasteiger partial charge in [-0.1, -0.05) is 54.1 Å². The molecule has 0 unspecified atom stereocenters. The topological polar surface area (TPSA) is 33.6 Å². The highest BCUT2D eigenvalue weighted by molar-refractivity contribution is 6.35. The minimum Gasteiger partial charge on any atom is -0.490 e. The SMILES string of the molecule is C=CCOc1cccc(/C=N\NCc2c(Cl)cccc2Cl)c1. The maximum absolute atomic E-state index is 6.09. The van der Waals surface area contributed by atoms with Gasteiger partial charge in [0.15, 0.2) is 0 Å². The first-order chi connectivity index (χ1) is 10.7.